The molecule has 1 aliphatic heterocycles. The molecule has 2 unspecified atom stereocenters. The van der Waals surface area contributed by atoms with Crippen molar-refractivity contribution in [2.75, 3.05) is 6.54 Å². The summed E-state index contributed by atoms with van der Waals surface area (Å²) in [6.45, 7) is 3.12. The van der Waals surface area contributed by atoms with E-state index in [0.29, 0.717) is 11.6 Å². The summed E-state index contributed by atoms with van der Waals surface area (Å²) in [5.41, 5.74) is 1.31. The number of carbonyl (C=O) groups excluding carboxylic acids is 1. The lowest BCUT2D eigenvalue weighted by molar-refractivity contribution is 0.0921. The van der Waals surface area contributed by atoms with E-state index in [0.717, 1.165) is 24.9 Å². The second-order valence-corrected chi connectivity index (χ2v) is 4.93. The Balaban J connectivity index is 0.00000147. The van der Waals surface area contributed by atoms with Crippen molar-refractivity contribution in [1.82, 2.24) is 25.2 Å². The number of aromatic nitrogens is 3. The molecule has 0 spiro atoms. The van der Waals surface area contributed by atoms with E-state index in [-0.39, 0.29) is 24.4 Å². The maximum absolute atomic E-state index is 12.3. The molecule has 0 bridgehead atoms. The molecule has 3 rings (SSSR count). The molecule has 6 nitrogen and oxygen atoms in total. The molecule has 0 radical (unpaired) electrons. The van der Waals surface area contributed by atoms with Gasteiger partial charge in [0, 0.05) is 24.5 Å². The summed E-state index contributed by atoms with van der Waals surface area (Å²) in [5, 5.41) is 10.6. The molecule has 2 N–H and O–H groups in total. The second kappa shape index (κ2) is 6.19. The SMILES string of the molecule is CC1NCCCC1NC(=O)c1cnn2ccncc12.Cl. The van der Waals surface area contributed by atoms with Gasteiger partial charge in [0.05, 0.1) is 23.5 Å². The molecule has 1 amide bonds. The van der Waals surface area contributed by atoms with Crippen molar-refractivity contribution >= 4 is 23.8 Å². The largest absolute Gasteiger partial charge is 0.348 e. The molecule has 20 heavy (non-hydrogen) atoms. The van der Waals surface area contributed by atoms with Crippen LogP contribution in [0.1, 0.15) is 30.1 Å². The monoisotopic (exact) mass is 295 g/mol. The zero-order valence-electron chi connectivity index (χ0n) is 11.2. The molecule has 108 valence electrons. The van der Waals surface area contributed by atoms with Crippen molar-refractivity contribution in [3.63, 3.8) is 0 Å². The van der Waals surface area contributed by atoms with Gasteiger partial charge >= 0.3 is 0 Å². The lowest BCUT2D eigenvalue weighted by Gasteiger charge is -2.30. The summed E-state index contributed by atoms with van der Waals surface area (Å²) in [6.07, 6.45) is 8.73. The number of halogens is 1. The van der Waals surface area contributed by atoms with Gasteiger partial charge in [0.1, 0.15) is 0 Å². The van der Waals surface area contributed by atoms with Crippen LogP contribution in [0.5, 0.6) is 0 Å². The van der Waals surface area contributed by atoms with Crippen molar-refractivity contribution in [2.45, 2.75) is 31.8 Å². The Bertz CT molecular complexity index is 599. The van der Waals surface area contributed by atoms with Crippen molar-refractivity contribution in [3.05, 3.63) is 30.4 Å². The summed E-state index contributed by atoms with van der Waals surface area (Å²) in [6, 6.07) is 0.477. The predicted octanol–water partition coefficient (Wildman–Crippen LogP) is 1.02. The number of amides is 1. The van der Waals surface area contributed by atoms with Gasteiger partial charge in [-0.25, -0.2) is 4.52 Å². The highest BCUT2D eigenvalue weighted by Crippen LogP contribution is 2.12. The highest BCUT2D eigenvalue weighted by molar-refractivity contribution is 6.00. The third kappa shape index (κ3) is 2.76. The number of nitrogens with zero attached hydrogens (tertiary/aromatic N) is 3. The van der Waals surface area contributed by atoms with Crippen LogP contribution >= 0.6 is 12.4 Å². The molecule has 1 saturated heterocycles. The van der Waals surface area contributed by atoms with Crippen LogP contribution in [-0.4, -0.2) is 39.1 Å². The van der Waals surface area contributed by atoms with Gasteiger partial charge in [-0.05, 0) is 26.3 Å². The van der Waals surface area contributed by atoms with E-state index in [1.807, 2.05) is 0 Å². The molecule has 3 heterocycles. The number of hydrogen-bond donors (Lipinski definition) is 2. The summed E-state index contributed by atoms with van der Waals surface area (Å²) in [5.74, 6) is -0.0800. The molecule has 2 aromatic rings. The van der Waals surface area contributed by atoms with Crippen LogP contribution in [-0.2, 0) is 0 Å². The number of carbonyl (C=O) groups is 1. The molecule has 0 aromatic carbocycles. The smallest absolute Gasteiger partial charge is 0.255 e. The third-order valence-corrected chi connectivity index (χ3v) is 3.65. The summed E-state index contributed by atoms with van der Waals surface area (Å²) >= 11 is 0. The zero-order valence-corrected chi connectivity index (χ0v) is 12.1. The summed E-state index contributed by atoms with van der Waals surface area (Å²) in [4.78, 5) is 16.4. The summed E-state index contributed by atoms with van der Waals surface area (Å²) < 4.78 is 1.66. The van der Waals surface area contributed by atoms with Gasteiger partial charge in [0.2, 0.25) is 0 Å². The predicted molar refractivity (Wildman–Crippen MR) is 78.2 cm³/mol. The molecule has 7 heteroatoms. The fourth-order valence-electron chi connectivity index (χ4n) is 2.50. The Kier molecular flexibility index (Phi) is 4.57. The molecular formula is C13H18ClN5O. The van der Waals surface area contributed by atoms with Crippen LogP contribution in [0.4, 0.5) is 0 Å². The first kappa shape index (κ1) is 14.7. The van der Waals surface area contributed by atoms with E-state index >= 15 is 0 Å². The Morgan fingerprint density at radius 2 is 2.35 bits per heavy atom. The minimum Gasteiger partial charge on any atom is -0.348 e. The molecule has 1 fully saturated rings. The van der Waals surface area contributed by atoms with Crippen molar-refractivity contribution < 1.29 is 4.79 Å². The molecule has 2 atom stereocenters. The van der Waals surface area contributed by atoms with Crippen LogP contribution < -0.4 is 10.6 Å². The van der Waals surface area contributed by atoms with Crippen LogP contribution in [0, 0.1) is 0 Å². The van der Waals surface area contributed by atoms with Crippen LogP contribution in [0.3, 0.4) is 0 Å². The second-order valence-electron chi connectivity index (χ2n) is 4.93. The topological polar surface area (TPSA) is 71.3 Å². The van der Waals surface area contributed by atoms with Crippen LogP contribution in [0.25, 0.3) is 5.52 Å². The van der Waals surface area contributed by atoms with Crippen molar-refractivity contribution in [2.24, 2.45) is 0 Å². The highest BCUT2D eigenvalue weighted by Gasteiger charge is 2.24. The number of rotatable bonds is 2. The molecule has 0 aliphatic carbocycles. The standard InChI is InChI=1S/C13H17N5O.ClH/c1-9-11(3-2-4-15-9)17-13(19)10-7-16-18-6-5-14-8-12(10)18;/h5-9,11,15H,2-4H2,1H3,(H,17,19);1H. The normalized spacial score (nSPS) is 22.2. The minimum absolute atomic E-state index is 0. The first-order chi connectivity index (χ1) is 9.25. The average Bonchev–Trinajstić information content (AvgIpc) is 2.85. The minimum atomic E-state index is -0.0800. The summed E-state index contributed by atoms with van der Waals surface area (Å²) in [7, 11) is 0. The fourth-order valence-corrected chi connectivity index (χ4v) is 2.50. The first-order valence-electron chi connectivity index (χ1n) is 6.57. The Labute approximate surface area is 123 Å². The van der Waals surface area contributed by atoms with E-state index < -0.39 is 0 Å². The zero-order chi connectivity index (χ0) is 13.2. The van der Waals surface area contributed by atoms with E-state index in [1.165, 1.54) is 0 Å². The maximum atomic E-state index is 12.3. The van der Waals surface area contributed by atoms with Gasteiger partial charge in [0.25, 0.3) is 5.91 Å². The highest BCUT2D eigenvalue weighted by atomic mass is 35.5. The Morgan fingerprint density at radius 1 is 1.50 bits per heavy atom. The van der Waals surface area contributed by atoms with Crippen LogP contribution in [0.2, 0.25) is 0 Å². The number of nitrogens with one attached hydrogen (secondary N) is 2. The number of piperidine rings is 1. The average molecular weight is 296 g/mol. The van der Waals surface area contributed by atoms with Crippen molar-refractivity contribution in [3.8, 4) is 0 Å². The Hall–Kier alpha value is -1.66. The Morgan fingerprint density at radius 3 is 3.15 bits per heavy atom. The number of fused-ring (bicyclic) bond motifs is 1. The van der Waals surface area contributed by atoms with Gasteiger partial charge in [0.15, 0.2) is 0 Å². The van der Waals surface area contributed by atoms with E-state index in [1.54, 1.807) is 29.3 Å². The van der Waals surface area contributed by atoms with E-state index in [2.05, 4.69) is 27.6 Å². The lowest BCUT2D eigenvalue weighted by Crippen LogP contribution is -2.51. The van der Waals surface area contributed by atoms with Crippen molar-refractivity contribution in [1.29, 1.82) is 0 Å². The van der Waals surface area contributed by atoms with E-state index in [9.17, 15) is 4.79 Å². The molecule has 0 saturated carbocycles. The molecule has 1 aliphatic rings. The quantitative estimate of drug-likeness (QED) is 0.868. The maximum Gasteiger partial charge on any atom is 0.255 e. The first-order valence-corrected chi connectivity index (χ1v) is 6.57. The lowest BCUT2D eigenvalue weighted by atomic mass is 9.99. The third-order valence-electron chi connectivity index (χ3n) is 3.65. The van der Waals surface area contributed by atoms with Gasteiger partial charge in [-0.3, -0.25) is 9.78 Å². The van der Waals surface area contributed by atoms with Gasteiger partial charge in [-0.1, -0.05) is 0 Å². The van der Waals surface area contributed by atoms with Gasteiger partial charge in [-0.2, -0.15) is 5.10 Å². The molecule has 2 aromatic heterocycles. The van der Waals surface area contributed by atoms with Crippen LogP contribution in [0.15, 0.2) is 24.8 Å². The van der Waals surface area contributed by atoms with Gasteiger partial charge < -0.3 is 10.6 Å². The van der Waals surface area contributed by atoms with E-state index in [4.69, 9.17) is 0 Å². The number of hydrogen-bond acceptors (Lipinski definition) is 4. The molecular weight excluding hydrogens is 278 g/mol. The van der Waals surface area contributed by atoms with Gasteiger partial charge in [-0.15, -0.1) is 12.4 Å². The fraction of sp³-hybridized carbons (Fsp3) is 0.462.